The van der Waals surface area contributed by atoms with E-state index in [0.717, 1.165) is 37.8 Å². The summed E-state index contributed by atoms with van der Waals surface area (Å²) in [6.07, 6.45) is 3.69. The van der Waals surface area contributed by atoms with E-state index in [4.69, 9.17) is 49.1 Å². The van der Waals surface area contributed by atoms with Crippen LogP contribution in [0, 0.1) is 0 Å². The van der Waals surface area contributed by atoms with Crippen molar-refractivity contribution in [2.45, 2.75) is 168 Å². The minimum Gasteiger partial charge on any atom is -0.376 e. The average Bonchev–Trinajstić information content (AvgIpc) is 2.68. The average molecular weight is 731 g/mol. The predicted octanol–water partition coefficient (Wildman–Crippen LogP) is 11.0. The van der Waals surface area contributed by atoms with Crippen molar-refractivity contribution in [3.05, 3.63) is 0 Å². The Hall–Kier alpha value is 2.34. The summed E-state index contributed by atoms with van der Waals surface area (Å²) in [6, 6.07) is 2.43. The minimum absolute atomic E-state index is 0.181. The van der Waals surface area contributed by atoms with Gasteiger partial charge in [-0.3, -0.25) is 0 Å². The predicted molar refractivity (Wildman–Crippen MR) is 199 cm³/mol. The molecule has 236 valence electrons. The Balaban J connectivity index is 6.13. The summed E-state index contributed by atoms with van der Waals surface area (Å²) in [5.74, 6) is 0. The van der Waals surface area contributed by atoms with Gasteiger partial charge in [0.1, 0.15) is 32.9 Å². The third-order valence-electron chi connectivity index (χ3n) is 7.59. The Kier molecular flexibility index (Phi) is 16.5. The van der Waals surface area contributed by atoms with Gasteiger partial charge in [0.2, 0.25) is 0 Å². The van der Waals surface area contributed by atoms with Crippen LogP contribution >= 0.6 is 44.3 Å². The van der Waals surface area contributed by atoms with E-state index in [2.05, 4.69) is 115 Å². The first-order valence-corrected chi connectivity index (χ1v) is 37.6. The summed E-state index contributed by atoms with van der Waals surface area (Å²) in [4.78, 5) is 0. The normalized spacial score (nSPS) is 18.0. The summed E-state index contributed by atoms with van der Waals surface area (Å²) in [5.41, 5.74) is -0.362. The lowest BCUT2D eigenvalue weighted by molar-refractivity contribution is 0.0672. The van der Waals surface area contributed by atoms with Crippen molar-refractivity contribution in [1.29, 1.82) is 0 Å². The molecule has 4 unspecified atom stereocenters. The van der Waals surface area contributed by atoms with Crippen LogP contribution in [0.25, 0.3) is 0 Å². The van der Waals surface area contributed by atoms with Crippen molar-refractivity contribution in [3.63, 3.8) is 0 Å². The van der Waals surface area contributed by atoms with Gasteiger partial charge in [0.05, 0.1) is 11.5 Å². The Labute approximate surface area is 269 Å². The molecule has 0 aromatic heterocycles. The Morgan fingerprint density at radius 1 is 0.462 bits per heavy atom. The largest absolute Gasteiger partial charge is 0.376 e. The second-order valence-electron chi connectivity index (χ2n) is 15.4. The van der Waals surface area contributed by atoms with Gasteiger partial charge in [0.15, 0.2) is 0 Å². The molecule has 0 spiro atoms. The highest BCUT2D eigenvalue weighted by atomic mass is 35.7. The van der Waals surface area contributed by atoms with Gasteiger partial charge in [-0.05, 0) is 49.9 Å². The molecule has 0 aromatic rings. The lowest BCUT2D eigenvalue weighted by Gasteiger charge is -2.50. The zero-order chi connectivity index (χ0) is 31.4. The van der Waals surface area contributed by atoms with Crippen LogP contribution < -0.4 is 0 Å². The molecule has 0 fully saturated rings. The molecule has 0 saturated carbocycles. The molecule has 0 aliphatic carbocycles. The zero-order valence-corrected chi connectivity index (χ0v) is 37.4. The van der Waals surface area contributed by atoms with Crippen LogP contribution in [-0.4, -0.2) is 78.3 Å². The van der Waals surface area contributed by atoms with Crippen LogP contribution in [0.3, 0.4) is 0 Å². The van der Waals surface area contributed by atoms with Crippen molar-refractivity contribution in [1.82, 2.24) is 8.46 Å². The maximum absolute atomic E-state index is 7.39. The lowest BCUT2D eigenvalue weighted by Crippen LogP contribution is -2.65. The fourth-order valence-electron chi connectivity index (χ4n) is 7.12. The van der Waals surface area contributed by atoms with Gasteiger partial charge in [-0.15, -0.1) is 44.3 Å². The summed E-state index contributed by atoms with van der Waals surface area (Å²) in [7, 11) is -6.23. The molecule has 13 heteroatoms. The van der Waals surface area contributed by atoms with Crippen LogP contribution in [0.4, 0.5) is 0 Å². The van der Waals surface area contributed by atoms with Crippen molar-refractivity contribution < 1.29 is 4.74 Å². The molecule has 4 atom stereocenters. The van der Waals surface area contributed by atoms with Crippen LogP contribution in [0.2, 0.25) is 90.7 Å². The number of halogens is 4. The molecule has 0 heterocycles. The van der Waals surface area contributed by atoms with Gasteiger partial charge in [0.25, 0.3) is 13.4 Å². The summed E-state index contributed by atoms with van der Waals surface area (Å²) >= 11 is 29.6. The fraction of sp³-hybridized carbons (Fsp3) is 1.00. The van der Waals surface area contributed by atoms with Crippen LogP contribution in [0.1, 0.15) is 53.4 Å². The molecule has 0 amide bonds. The minimum atomic E-state index is -2.79. The van der Waals surface area contributed by atoms with Crippen molar-refractivity contribution in [3.8, 4) is 0 Å². The molecule has 0 aromatic carbocycles. The summed E-state index contributed by atoms with van der Waals surface area (Å²) in [5, 5.41) is 0. The molecule has 0 saturated heterocycles. The molecule has 0 radical (unpaired) electrons. The van der Waals surface area contributed by atoms with Gasteiger partial charge in [-0.1, -0.05) is 106 Å². The first-order chi connectivity index (χ1) is 17.2. The molecule has 3 nitrogen and oxygen atoms in total. The van der Waals surface area contributed by atoms with E-state index < -0.39 is 46.3 Å². The van der Waals surface area contributed by atoms with Gasteiger partial charge in [-0.2, -0.15) is 0 Å². The molecular formula is C26H64Cl4N2OSi6. The molecule has 39 heavy (non-hydrogen) atoms. The molecule has 0 aliphatic heterocycles. The van der Waals surface area contributed by atoms with E-state index in [-0.39, 0.29) is 11.5 Å². The number of hydrogen-bond acceptors (Lipinski definition) is 3. The second-order valence-corrected chi connectivity index (χ2v) is 50.0. The van der Waals surface area contributed by atoms with Crippen LogP contribution in [0.15, 0.2) is 0 Å². The Morgan fingerprint density at radius 3 is 0.846 bits per heavy atom. The highest BCUT2D eigenvalue weighted by molar-refractivity contribution is 7.46. The lowest BCUT2D eigenvalue weighted by atomic mass is 10.3. The monoisotopic (exact) mass is 728 g/mol. The van der Waals surface area contributed by atoms with Gasteiger partial charge in [-0.25, -0.2) is 0 Å². The topological polar surface area (TPSA) is 15.7 Å². The molecule has 0 bridgehead atoms. The molecular weight excluding hydrogens is 667 g/mol. The molecule has 0 rings (SSSR count). The molecule has 0 aliphatic rings. The number of nitrogens with zero attached hydrogens (tertiary/aromatic N) is 2. The third kappa shape index (κ3) is 12.7. The number of ether oxygens (including phenoxy) is 1. The summed E-state index contributed by atoms with van der Waals surface area (Å²) in [6.45, 7) is 32.7. The quantitative estimate of drug-likeness (QED) is 0.103. The second kappa shape index (κ2) is 15.6. The summed E-state index contributed by atoms with van der Waals surface area (Å²) < 4.78 is 12.6. The molecule has 0 N–H and O–H groups in total. The number of hydrogen-bond donors (Lipinski definition) is 0. The highest BCUT2D eigenvalue weighted by Gasteiger charge is 2.50. The van der Waals surface area contributed by atoms with Gasteiger partial charge in [0, 0.05) is 0 Å². The van der Waals surface area contributed by atoms with E-state index in [0.29, 0.717) is 12.1 Å². The van der Waals surface area contributed by atoms with Crippen molar-refractivity contribution in [2.75, 3.05) is 0 Å². The maximum Gasteiger partial charge on any atom is 0.280 e. The Bertz CT molecular complexity index is 648. The highest BCUT2D eigenvalue weighted by Crippen LogP contribution is 2.40. The SMILES string of the molecule is CCC(C[Si](Cl)(Cl)C(CC)OC(CC)[Si](Cl)(Cl)CC(CC)N([Si](C)(C)C)[Si](C)(C)C)N([Si](C)(C)C)[Si](C)(C)C. The first-order valence-electron chi connectivity index (χ1n) is 15.2. The fourth-order valence-corrected chi connectivity index (χ4v) is 38.8. The zero-order valence-electron chi connectivity index (χ0n) is 28.4. The van der Waals surface area contributed by atoms with Gasteiger partial charge >= 0.3 is 0 Å². The van der Waals surface area contributed by atoms with Crippen molar-refractivity contribution >= 4 is 90.6 Å². The first kappa shape index (κ1) is 41.3. The Morgan fingerprint density at radius 2 is 0.692 bits per heavy atom. The van der Waals surface area contributed by atoms with Crippen LogP contribution in [-0.2, 0) is 4.74 Å². The van der Waals surface area contributed by atoms with E-state index in [1.807, 2.05) is 0 Å². The van der Waals surface area contributed by atoms with E-state index in [1.54, 1.807) is 0 Å². The van der Waals surface area contributed by atoms with Crippen LogP contribution in [0.5, 0.6) is 0 Å². The number of rotatable bonds is 18. The van der Waals surface area contributed by atoms with E-state index in [1.165, 1.54) is 0 Å². The standard InChI is InChI=1S/C26H64Cl4N2OSi6/c1-17-23(31(34(5,6)7)35(8,9)10)21-38(27,28)25(19-3)33-26(20-4)39(29,30)22-24(18-2)32(36(11,12)13)37(14,15)16/h23-26H,17-22H2,1-16H3. The van der Waals surface area contributed by atoms with Crippen molar-refractivity contribution in [2.24, 2.45) is 0 Å². The van der Waals surface area contributed by atoms with E-state index >= 15 is 0 Å². The maximum atomic E-state index is 7.39. The smallest absolute Gasteiger partial charge is 0.280 e. The third-order valence-corrected chi connectivity index (χ3v) is 32.7. The van der Waals surface area contributed by atoms with E-state index in [9.17, 15) is 0 Å². The van der Waals surface area contributed by atoms with Gasteiger partial charge < -0.3 is 13.2 Å².